The van der Waals surface area contributed by atoms with Gasteiger partial charge in [0, 0.05) is 19.0 Å². The molecule has 0 unspecified atom stereocenters. The maximum atomic E-state index is 13.1. The van der Waals surface area contributed by atoms with E-state index >= 15 is 0 Å². The standard InChI is InChI=1S/C9H10F5NO3/c10-8(11,7(17)18)5-1-3-15(4-2-5)6(16)9(12,13)14/h5H,1-4H2,(H,17,18). The highest BCUT2D eigenvalue weighted by molar-refractivity contribution is 5.82. The van der Waals surface area contributed by atoms with Crippen molar-refractivity contribution in [2.45, 2.75) is 24.9 Å². The zero-order valence-corrected chi connectivity index (χ0v) is 9.01. The summed E-state index contributed by atoms with van der Waals surface area (Å²) in [6.45, 7) is -1.04. The van der Waals surface area contributed by atoms with Gasteiger partial charge in [-0.05, 0) is 12.8 Å². The van der Waals surface area contributed by atoms with E-state index in [9.17, 15) is 31.5 Å². The largest absolute Gasteiger partial charge is 0.477 e. The van der Waals surface area contributed by atoms with Crippen LogP contribution < -0.4 is 0 Å². The van der Waals surface area contributed by atoms with Gasteiger partial charge in [-0.1, -0.05) is 0 Å². The number of carboxylic acid groups (broad SMARTS) is 1. The van der Waals surface area contributed by atoms with Gasteiger partial charge < -0.3 is 10.0 Å². The molecule has 18 heavy (non-hydrogen) atoms. The molecule has 9 heteroatoms. The van der Waals surface area contributed by atoms with E-state index in [2.05, 4.69) is 0 Å². The van der Waals surface area contributed by atoms with E-state index in [0.29, 0.717) is 4.90 Å². The number of aliphatic carboxylic acids is 1. The first-order chi connectivity index (χ1) is 8.06. The van der Waals surface area contributed by atoms with Crippen LogP contribution in [-0.4, -0.2) is 47.1 Å². The molecule has 0 aromatic rings. The molecule has 0 atom stereocenters. The number of halogens is 5. The highest BCUT2D eigenvalue weighted by Crippen LogP contribution is 2.34. The maximum absolute atomic E-state index is 13.1. The normalized spacial score (nSPS) is 18.8. The second kappa shape index (κ2) is 4.69. The minimum atomic E-state index is -5.04. The molecule has 4 nitrogen and oxygen atoms in total. The molecule has 1 aliphatic rings. The number of carboxylic acids is 1. The van der Waals surface area contributed by atoms with Crippen LogP contribution in [0, 0.1) is 5.92 Å². The molecule has 0 saturated carbocycles. The SMILES string of the molecule is O=C(N1CCC(C(F)(F)C(=O)O)CC1)C(F)(F)F. The Morgan fingerprint density at radius 3 is 1.83 bits per heavy atom. The molecule has 0 radical (unpaired) electrons. The van der Waals surface area contributed by atoms with Gasteiger partial charge in [-0.15, -0.1) is 0 Å². The van der Waals surface area contributed by atoms with Crippen molar-refractivity contribution < 1.29 is 36.6 Å². The molecule has 0 aromatic carbocycles. The van der Waals surface area contributed by atoms with Crippen LogP contribution >= 0.6 is 0 Å². The van der Waals surface area contributed by atoms with Crippen LogP contribution in [0.1, 0.15) is 12.8 Å². The summed E-state index contributed by atoms with van der Waals surface area (Å²) in [5, 5.41) is 8.29. The molecule has 1 amide bonds. The van der Waals surface area contributed by atoms with Crippen LogP contribution in [0.3, 0.4) is 0 Å². The van der Waals surface area contributed by atoms with Crippen molar-refractivity contribution in [3.05, 3.63) is 0 Å². The molecule has 104 valence electrons. The van der Waals surface area contributed by atoms with E-state index in [1.54, 1.807) is 0 Å². The average Bonchev–Trinajstić information content (AvgIpc) is 2.26. The zero-order valence-electron chi connectivity index (χ0n) is 9.01. The summed E-state index contributed by atoms with van der Waals surface area (Å²) in [6.07, 6.45) is -5.98. The molecule has 0 aliphatic carbocycles. The van der Waals surface area contributed by atoms with Crippen molar-refractivity contribution in [2.75, 3.05) is 13.1 Å². The van der Waals surface area contributed by atoms with Gasteiger partial charge in [0.25, 0.3) is 0 Å². The third-order valence-corrected chi connectivity index (χ3v) is 2.82. The predicted octanol–water partition coefficient (Wildman–Crippen LogP) is 1.51. The van der Waals surface area contributed by atoms with Crippen LogP contribution in [-0.2, 0) is 9.59 Å². The van der Waals surface area contributed by atoms with Gasteiger partial charge in [-0.3, -0.25) is 4.79 Å². The van der Waals surface area contributed by atoms with Gasteiger partial charge in [-0.25, -0.2) is 4.79 Å². The molecule has 1 rings (SSSR count). The van der Waals surface area contributed by atoms with Crippen molar-refractivity contribution in [1.82, 2.24) is 4.90 Å². The fraction of sp³-hybridized carbons (Fsp3) is 0.778. The number of piperidine rings is 1. The highest BCUT2D eigenvalue weighted by Gasteiger charge is 2.50. The first kappa shape index (κ1) is 14.7. The topological polar surface area (TPSA) is 57.6 Å². The first-order valence-corrected chi connectivity index (χ1v) is 5.04. The van der Waals surface area contributed by atoms with E-state index in [0.717, 1.165) is 0 Å². The van der Waals surface area contributed by atoms with E-state index < -0.39 is 55.8 Å². The summed E-state index contributed by atoms with van der Waals surface area (Å²) < 4.78 is 62.3. The minimum absolute atomic E-state index is 0.411. The van der Waals surface area contributed by atoms with Gasteiger partial charge in [0.05, 0.1) is 0 Å². The number of amides is 1. The van der Waals surface area contributed by atoms with Gasteiger partial charge in [-0.2, -0.15) is 22.0 Å². The van der Waals surface area contributed by atoms with Crippen molar-refractivity contribution in [3.8, 4) is 0 Å². The van der Waals surface area contributed by atoms with Crippen LogP contribution in [0.4, 0.5) is 22.0 Å². The quantitative estimate of drug-likeness (QED) is 0.777. The Morgan fingerprint density at radius 2 is 1.50 bits per heavy atom. The van der Waals surface area contributed by atoms with Crippen molar-refractivity contribution in [1.29, 1.82) is 0 Å². The summed E-state index contributed by atoms with van der Waals surface area (Å²) in [7, 11) is 0. The number of carbonyl (C=O) groups is 2. The lowest BCUT2D eigenvalue weighted by Gasteiger charge is -2.34. The Kier molecular flexibility index (Phi) is 3.82. The van der Waals surface area contributed by atoms with E-state index in [-0.39, 0.29) is 0 Å². The smallest absolute Gasteiger partial charge is 0.471 e. The van der Waals surface area contributed by atoms with Crippen molar-refractivity contribution >= 4 is 11.9 Å². The van der Waals surface area contributed by atoms with Crippen molar-refractivity contribution in [2.24, 2.45) is 5.92 Å². The first-order valence-electron chi connectivity index (χ1n) is 5.04. The molecule has 1 saturated heterocycles. The third-order valence-electron chi connectivity index (χ3n) is 2.82. The van der Waals surface area contributed by atoms with Gasteiger partial charge in [0.15, 0.2) is 0 Å². The fourth-order valence-electron chi connectivity index (χ4n) is 1.80. The predicted molar refractivity (Wildman–Crippen MR) is 47.9 cm³/mol. The monoisotopic (exact) mass is 275 g/mol. The van der Waals surface area contributed by atoms with E-state index in [1.807, 2.05) is 0 Å². The summed E-state index contributed by atoms with van der Waals surface area (Å²) in [5.74, 6) is -9.91. The molecular formula is C9H10F5NO3. The summed E-state index contributed by atoms with van der Waals surface area (Å²) in [6, 6.07) is 0. The lowest BCUT2D eigenvalue weighted by atomic mass is 9.90. The van der Waals surface area contributed by atoms with Crippen LogP contribution in [0.5, 0.6) is 0 Å². The Balaban J connectivity index is 2.62. The molecule has 0 aromatic heterocycles. The van der Waals surface area contributed by atoms with Gasteiger partial charge in [0.2, 0.25) is 0 Å². The fourth-order valence-corrected chi connectivity index (χ4v) is 1.80. The van der Waals surface area contributed by atoms with Gasteiger partial charge >= 0.3 is 24.0 Å². The van der Waals surface area contributed by atoms with Crippen LogP contribution in [0.2, 0.25) is 0 Å². The molecule has 1 N–H and O–H groups in total. The molecule has 1 aliphatic heterocycles. The van der Waals surface area contributed by atoms with Crippen LogP contribution in [0.15, 0.2) is 0 Å². The summed E-state index contributed by atoms with van der Waals surface area (Å²) >= 11 is 0. The Labute approximate surface area is 98.4 Å². The Bertz CT molecular complexity index is 347. The molecule has 1 fully saturated rings. The summed E-state index contributed by atoms with van der Waals surface area (Å²) in [4.78, 5) is 21.5. The van der Waals surface area contributed by atoms with Crippen LogP contribution in [0.25, 0.3) is 0 Å². The van der Waals surface area contributed by atoms with E-state index in [4.69, 9.17) is 5.11 Å². The Morgan fingerprint density at radius 1 is 1.06 bits per heavy atom. The number of rotatable bonds is 2. The summed E-state index contributed by atoms with van der Waals surface area (Å²) in [5.41, 5.74) is 0. The highest BCUT2D eigenvalue weighted by atomic mass is 19.4. The number of hydrogen-bond donors (Lipinski definition) is 1. The number of carbonyl (C=O) groups excluding carboxylic acids is 1. The lowest BCUT2D eigenvalue weighted by Crippen LogP contribution is -2.49. The average molecular weight is 275 g/mol. The van der Waals surface area contributed by atoms with Gasteiger partial charge in [0.1, 0.15) is 0 Å². The third kappa shape index (κ3) is 2.88. The number of nitrogens with zero attached hydrogens (tertiary/aromatic N) is 1. The lowest BCUT2D eigenvalue weighted by molar-refractivity contribution is -0.190. The maximum Gasteiger partial charge on any atom is 0.471 e. The molecule has 0 bridgehead atoms. The van der Waals surface area contributed by atoms with Crippen molar-refractivity contribution in [3.63, 3.8) is 0 Å². The second-order valence-electron chi connectivity index (χ2n) is 3.99. The molecule has 0 spiro atoms. The van der Waals surface area contributed by atoms with E-state index in [1.165, 1.54) is 0 Å². The Hall–Kier alpha value is -1.41. The second-order valence-corrected chi connectivity index (χ2v) is 3.99. The molecule has 1 heterocycles. The number of hydrogen-bond acceptors (Lipinski definition) is 2. The number of likely N-dealkylation sites (tertiary alicyclic amines) is 1. The molecular weight excluding hydrogens is 265 g/mol. The minimum Gasteiger partial charge on any atom is -0.477 e. The zero-order chi connectivity index (χ0) is 14.1. The number of alkyl halides is 5.